The third-order valence-corrected chi connectivity index (χ3v) is 4.08. The summed E-state index contributed by atoms with van der Waals surface area (Å²) >= 11 is 13.2. The predicted molar refractivity (Wildman–Crippen MR) is 100 cm³/mol. The fourth-order valence-corrected chi connectivity index (χ4v) is 2.83. The number of hydrogen-bond donors (Lipinski definition) is 3. The highest BCUT2D eigenvalue weighted by molar-refractivity contribution is 7.98. The second-order valence-corrected chi connectivity index (χ2v) is 6.93. The van der Waals surface area contributed by atoms with Gasteiger partial charge in [0.05, 0.1) is 0 Å². The first-order valence-electron chi connectivity index (χ1n) is 7.25. The summed E-state index contributed by atoms with van der Waals surface area (Å²) in [5.74, 6) is -0.684. The quantitative estimate of drug-likeness (QED) is 0.573. The van der Waals surface area contributed by atoms with Crippen LogP contribution in [0.15, 0.2) is 18.2 Å². The number of amides is 3. The molecule has 1 aromatic rings. The predicted octanol–water partition coefficient (Wildman–Crippen LogP) is 2.65. The zero-order valence-electron chi connectivity index (χ0n) is 13.7. The lowest BCUT2D eigenvalue weighted by Gasteiger charge is -2.19. The number of rotatable bonds is 8. The summed E-state index contributed by atoms with van der Waals surface area (Å²) in [4.78, 5) is 35.3. The minimum Gasteiger partial charge on any atom is -0.451 e. The van der Waals surface area contributed by atoms with E-state index in [1.807, 2.05) is 6.26 Å². The van der Waals surface area contributed by atoms with Gasteiger partial charge in [0.25, 0.3) is 5.91 Å². The number of carbonyl (C=O) groups excluding carboxylic acids is 3. The van der Waals surface area contributed by atoms with Crippen LogP contribution in [-0.4, -0.2) is 42.1 Å². The van der Waals surface area contributed by atoms with Crippen molar-refractivity contribution in [2.75, 3.05) is 17.3 Å². The molecule has 2 atom stereocenters. The second kappa shape index (κ2) is 10.4. The van der Waals surface area contributed by atoms with E-state index in [2.05, 4.69) is 10.6 Å². The zero-order chi connectivity index (χ0) is 19.0. The number of nitrogens with two attached hydrogens (primary N) is 1. The van der Waals surface area contributed by atoms with Crippen LogP contribution in [0, 0.1) is 0 Å². The van der Waals surface area contributed by atoms with Crippen molar-refractivity contribution in [2.45, 2.75) is 25.5 Å². The Hall–Kier alpha value is -1.64. The van der Waals surface area contributed by atoms with E-state index in [0.717, 1.165) is 0 Å². The van der Waals surface area contributed by atoms with E-state index in [1.54, 1.807) is 0 Å². The minimum atomic E-state index is -1.09. The molecule has 0 aliphatic heterocycles. The zero-order valence-corrected chi connectivity index (χ0v) is 16.0. The molecule has 0 bridgehead atoms. The van der Waals surface area contributed by atoms with Crippen molar-refractivity contribution in [3.8, 4) is 0 Å². The molecule has 4 N–H and O–H groups in total. The Morgan fingerprint density at radius 2 is 1.84 bits per heavy atom. The molecule has 0 heterocycles. The molecule has 0 aromatic heterocycles. The van der Waals surface area contributed by atoms with Crippen molar-refractivity contribution in [1.29, 1.82) is 0 Å². The molecule has 0 saturated heterocycles. The van der Waals surface area contributed by atoms with Crippen LogP contribution >= 0.6 is 35.0 Å². The van der Waals surface area contributed by atoms with Crippen LogP contribution < -0.4 is 16.4 Å². The van der Waals surface area contributed by atoms with Crippen LogP contribution in [0.5, 0.6) is 0 Å². The first-order chi connectivity index (χ1) is 11.7. The first kappa shape index (κ1) is 21.4. The molecule has 1 rings (SSSR count). The highest BCUT2D eigenvalue weighted by Crippen LogP contribution is 2.22. The molecule has 10 heteroatoms. The molecule has 25 heavy (non-hydrogen) atoms. The van der Waals surface area contributed by atoms with E-state index in [-0.39, 0.29) is 0 Å². The fourth-order valence-electron chi connectivity index (χ4n) is 1.84. The summed E-state index contributed by atoms with van der Waals surface area (Å²) in [6.07, 6.45) is 1.11. The smallest absolute Gasteiger partial charge is 0.329 e. The Morgan fingerprint density at radius 3 is 2.36 bits per heavy atom. The fraction of sp³-hybridized carbons (Fsp3) is 0.400. The Bertz CT molecular complexity index is 625. The third-order valence-electron chi connectivity index (χ3n) is 3.00. The van der Waals surface area contributed by atoms with Gasteiger partial charge in [0.2, 0.25) is 0 Å². The van der Waals surface area contributed by atoms with Crippen LogP contribution in [0.2, 0.25) is 10.0 Å². The average molecular weight is 408 g/mol. The van der Waals surface area contributed by atoms with E-state index in [0.29, 0.717) is 27.9 Å². The third kappa shape index (κ3) is 7.85. The van der Waals surface area contributed by atoms with Gasteiger partial charge in [-0.15, -0.1) is 0 Å². The maximum atomic E-state index is 12.1. The Labute approximate surface area is 159 Å². The molecule has 0 fully saturated rings. The van der Waals surface area contributed by atoms with E-state index in [4.69, 9.17) is 33.7 Å². The average Bonchev–Trinajstić information content (AvgIpc) is 2.49. The highest BCUT2D eigenvalue weighted by Gasteiger charge is 2.25. The van der Waals surface area contributed by atoms with Crippen molar-refractivity contribution in [3.05, 3.63) is 28.2 Å². The number of urea groups is 1. The van der Waals surface area contributed by atoms with E-state index in [1.165, 1.54) is 36.9 Å². The number of halogens is 2. The van der Waals surface area contributed by atoms with Gasteiger partial charge in [-0.2, -0.15) is 11.8 Å². The second-order valence-electron chi connectivity index (χ2n) is 5.07. The van der Waals surface area contributed by atoms with E-state index in [9.17, 15) is 14.4 Å². The molecular weight excluding hydrogens is 389 g/mol. The Morgan fingerprint density at radius 1 is 1.24 bits per heavy atom. The maximum Gasteiger partial charge on any atom is 0.329 e. The molecule has 0 aliphatic rings. The monoisotopic (exact) mass is 407 g/mol. The lowest BCUT2D eigenvalue weighted by molar-refractivity contribution is -0.155. The summed E-state index contributed by atoms with van der Waals surface area (Å²) < 4.78 is 5.11. The molecule has 0 spiro atoms. The summed E-state index contributed by atoms with van der Waals surface area (Å²) in [5, 5.41) is 5.57. The largest absolute Gasteiger partial charge is 0.451 e. The van der Waals surface area contributed by atoms with Gasteiger partial charge in [-0.1, -0.05) is 23.2 Å². The summed E-state index contributed by atoms with van der Waals surface area (Å²) in [6.45, 7) is 1.41. The van der Waals surface area contributed by atoms with Gasteiger partial charge >= 0.3 is 12.0 Å². The van der Waals surface area contributed by atoms with Crippen molar-refractivity contribution >= 4 is 58.6 Å². The van der Waals surface area contributed by atoms with Gasteiger partial charge in [0.1, 0.15) is 6.04 Å². The molecule has 1 aromatic carbocycles. The number of carbonyl (C=O) groups is 3. The van der Waals surface area contributed by atoms with Gasteiger partial charge in [-0.3, -0.25) is 4.79 Å². The van der Waals surface area contributed by atoms with Crippen molar-refractivity contribution in [2.24, 2.45) is 5.73 Å². The van der Waals surface area contributed by atoms with Crippen molar-refractivity contribution in [1.82, 2.24) is 5.32 Å². The van der Waals surface area contributed by atoms with Crippen LogP contribution in [0.25, 0.3) is 0 Å². The minimum absolute atomic E-state index is 0.335. The number of ether oxygens (including phenoxy) is 1. The van der Waals surface area contributed by atoms with Crippen molar-refractivity contribution in [3.63, 3.8) is 0 Å². The van der Waals surface area contributed by atoms with Gasteiger partial charge in [-0.25, -0.2) is 9.59 Å². The standard InChI is InChI=1S/C15H19Cl2N3O4S/c1-8(13(21)19-11-6-9(16)5-10(17)7-11)24-14(22)12(3-4-25-2)20-15(18)23/h5-8,12H,3-4H2,1-2H3,(H,19,21)(H3,18,20,23)/t8-,12+/m0/s1. The van der Waals surface area contributed by atoms with Gasteiger partial charge in [0, 0.05) is 15.7 Å². The number of benzene rings is 1. The number of anilines is 1. The van der Waals surface area contributed by atoms with E-state index < -0.39 is 30.1 Å². The van der Waals surface area contributed by atoms with Crippen LogP contribution in [0.4, 0.5) is 10.5 Å². The molecule has 0 saturated carbocycles. The van der Waals surface area contributed by atoms with Crippen molar-refractivity contribution < 1.29 is 19.1 Å². The highest BCUT2D eigenvalue weighted by atomic mass is 35.5. The molecule has 7 nitrogen and oxygen atoms in total. The topological polar surface area (TPSA) is 111 Å². The van der Waals surface area contributed by atoms with E-state index >= 15 is 0 Å². The lowest BCUT2D eigenvalue weighted by atomic mass is 10.2. The normalized spacial score (nSPS) is 12.8. The number of esters is 1. The van der Waals surface area contributed by atoms with Gasteiger partial charge < -0.3 is 21.1 Å². The van der Waals surface area contributed by atoms with Crippen LogP contribution in [0.3, 0.4) is 0 Å². The molecule has 0 unspecified atom stereocenters. The number of hydrogen-bond acceptors (Lipinski definition) is 5. The van der Waals surface area contributed by atoms with Gasteiger partial charge in [-0.05, 0) is 43.6 Å². The SMILES string of the molecule is CSCC[C@@H](NC(N)=O)C(=O)O[C@@H](C)C(=O)Nc1cc(Cl)cc(Cl)c1. The summed E-state index contributed by atoms with van der Waals surface area (Å²) in [5.41, 5.74) is 5.43. The summed E-state index contributed by atoms with van der Waals surface area (Å²) in [6, 6.07) is 2.79. The first-order valence-corrected chi connectivity index (χ1v) is 9.40. The molecule has 0 radical (unpaired) electrons. The number of thioether (sulfide) groups is 1. The molecule has 138 valence electrons. The number of nitrogens with one attached hydrogen (secondary N) is 2. The Kier molecular flexibility index (Phi) is 8.88. The van der Waals surface area contributed by atoms with Crippen LogP contribution in [-0.2, 0) is 14.3 Å². The lowest BCUT2D eigenvalue weighted by Crippen LogP contribution is -2.46. The number of primary amides is 1. The maximum absolute atomic E-state index is 12.1. The molecular formula is C15H19Cl2N3O4S. The molecule has 3 amide bonds. The molecule has 0 aliphatic carbocycles. The van der Waals surface area contributed by atoms with Gasteiger partial charge in [0.15, 0.2) is 6.10 Å². The van der Waals surface area contributed by atoms with Crippen LogP contribution in [0.1, 0.15) is 13.3 Å². The summed E-state index contributed by atoms with van der Waals surface area (Å²) in [7, 11) is 0. The Balaban J connectivity index is 2.67.